The molecule has 0 bridgehead atoms. The molecule has 1 aromatic heterocycles. The maximum atomic E-state index is 6.34. The Hall–Kier alpha value is -5.80. The van der Waals surface area contributed by atoms with Gasteiger partial charge in [0.05, 0.1) is 11.4 Å². The van der Waals surface area contributed by atoms with Crippen LogP contribution in [-0.4, -0.2) is 11.5 Å². The average molecular weight is 633 g/mol. The number of rotatable bonds is 4. The first-order valence-corrected chi connectivity index (χ1v) is 17.2. The zero-order valence-corrected chi connectivity index (χ0v) is 27.8. The number of benzene rings is 6. The topological polar surface area (TPSA) is 37.9 Å². The van der Waals surface area contributed by atoms with E-state index in [1.807, 2.05) is 6.07 Å². The molecule has 0 fully saturated rings. The van der Waals surface area contributed by atoms with E-state index >= 15 is 0 Å². The Morgan fingerprint density at radius 2 is 1.24 bits per heavy atom. The van der Waals surface area contributed by atoms with Crippen LogP contribution in [0.3, 0.4) is 0 Å². The van der Waals surface area contributed by atoms with Crippen LogP contribution in [0.15, 0.2) is 160 Å². The van der Waals surface area contributed by atoms with Crippen molar-refractivity contribution in [3.63, 3.8) is 0 Å². The molecule has 1 aliphatic carbocycles. The summed E-state index contributed by atoms with van der Waals surface area (Å²) in [6.45, 7) is 4.71. The van der Waals surface area contributed by atoms with Gasteiger partial charge in [0.25, 0.3) is 0 Å². The number of amidine groups is 1. The largest absolute Gasteiger partial charge is 0.456 e. The number of furan rings is 1. The molecule has 7 aromatic rings. The second kappa shape index (κ2) is 11.7. The molecule has 0 atom stereocenters. The minimum absolute atomic E-state index is 0.207. The van der Waals surface area contributed by atoms with Crippen molar-refractivity contribution in [2.24, 2.45) is 9.98 Å². The zero-order chi connectivity index (χ0) is 33.0. The summed E-state index contributed by atoms with van der Waals surface area (Å²) in [7, 11) is 0. The molecule has 2 heterocycles. The SMILES string of the molecule is CC1(C)c2cc3c(cc2-c2cccc(-c4cccc(C5=N/C(c6ccccc6)=C\CCCC(c6ccccc6)=N5)c4)c21)oc1ccccc13. The quantitative estimate of drug-likeness (QED) is 0.190. The van der Waals surface area contributed by atoms with Gasteiger partial charge in [-0.1, -0.05) is 135 Å². The highest BCUT2D eigenvalue weighted by atomic mass is 16.3. The van der Waals surface area contributed by atoms with Crippen molar-refractivity contribution in [2.45, 2.75) is 38.5 Å². The molecular weight excluding hydrogens is 597 g/mol. The zero-order valence-electron chi connectivity index (χ0n) is 27.8. The number of para-hydroxylation sites is 1. The summed E-state index contributed by atoms with van der Waals surface area (Å²) in [6.07, 6.45) is 5.11. The number of hydrogen-bond acceptors (Lipinski definition) is 3. The molecule has 6 aromatic carbocycles. The van der Waals surface area contributed by atoms with Gasteiger partial charge in [0, 0.05) is 21.8 Å². The minimum atomic E-state index is -0.207. The van der Waals surface area contributed by atoms with E-state index in [1.165, 1.54) is 33.2 Å². The molecule has 2 aliphatic rings. The Balaban J connectivity index is 1.20. The van der Waals surface area contributed by atoms with Crippen molar-refractivity contribution in [2.75, 3.05) is 0 Å². The van der Waals surface area contributed by atoms with Gasteiger partial charge in [-0.25, -0.2) is 9.98 Å². The lowest BCUT2D eigenvalue weighted by Crippen LogP contribution is -2.16. The fourth-order valence-electron chi connectivity index (χ4n) is 7.80. The molecular formula is C46H36N2O. The first-order valence-electron chi connectivity index (χ1n) is 17.2. The summed E-state index contributed by atoms with van der Waals surface area (Å²) in [4.78, 5) is 10.7. The highest BCUT2D eigenvalue weighted by Crippen LogP contribution is 2.53. The Morgan fingerprint density at radius 3 is 2.08 bits per heavy atom. The summed E-state index contributed by atoms with van der Waals surface area (Å²) in [6, 6.07) is 49.5. The minimum Gasteiger partial charge on any atom is -0.456 e. The third kappa shape index (κ3) is 5.05. The molecule has 3 heteroatoms. The Bertz CT molecular complexity index is 2480. The maximum Gasteiger partial charge on any atom is 0.160 e. The summed E-state index contributed by atoms with van der Waals surface area (Å²) < 4.78 is 6.34. The number of hydrogen-bond donors (Lipinski definition) is 0. The van der Waals surface area contributed by atoms with Gasteiger partial charge in [0.2, 0.25) is 0 Å². The summed E-state index contributed by atoms with van der Waals surface area (Å²) >= 11 is 0. The summed E-state index contributed by atoms with van der Waals surface area (Å²) in [5.74, 6) is 0.736. The fourth-order valence-corrected chi connectivity index (χ4v) is 7.80. The van der Waals surface area contributed by atoms with Gasteiger partial charge < -0.3 is 4.42 Å². The van der Waals surface area contributed by atoms with Crippen LogP contribution < -0.4 is 0 Å². The lowest BCUT2D eigenvalue weighted by Gasteiger charge is -2.24. The van der Waals surface area contributed by atoms with Crippen LogP contribution in [0, 0.1) is 0 Å². The van der Waals surface area contributed by atoms with E-state index in [0.717, 1.165) is 75.3 Å². The average Bonchev–Trinajstić information content (AvgIpc) is 3.66. The molecule has 1 aliphatic heterocycles. The third-order valence-corrected chi connectivity index (χ3v) is 10.2. The molecule has 49 heavy (non-hydrogen) atoms. The highest BCUT2D eigenvalue weighted by Gasteiger charge is 2.38. The predicted octanol–water partition coefficient (Wildman–Crippen LogP) is 12.0. The van der Waals surface area contributed by atoms with Gasteiger partial charge in [0.15, 0.2) is 5.84 Å². The first-order chi connectivity index (χ1) is 24.0. The van der Waals surface area contributed by atoms with Crippen molar-refractivity contribution in [1.29, 1.82) is 0 Å². The van der Waals surface area contributed by atoms with Crippen molar-refractivity contribution in [1.82, 2.24) is 0 Å². The van der Waals surface area contributed by atoms with Gasteiger partial charge in [-0.05, 0) is 88.0 Å². The number of nitrogens with zero attached hydrogens (tertiary/aromatic N) is 2. The number of aliphatic imine (C=N–C) groups is 2. The van der Waals surface area contributed by atoms with Gasteiger partial charge >= 0.3 is 0 Å². The van der Waals surface area contributed by atoms with Crippen molar-refractivity contribution in [3.8, 4) is 22.3 Å². The van der Waals surface area contributed by atoms with E-state index in [9.17, 15) is 0 Å². The van der Waals surface area contributed by atoms with E-state index in [0.29, 0.717) is 0 Å². The van der Waals surface area contributed by atoms with Crippen LogP contribution in [0.4, 0.5) is 0 Å². The molecule has 0 unspecified atom stereocenters. The molecule has 0 saturated carbocycles. The van der Waals surface area contributed by atoms with Crippen LogP contribution in [0.1, 0.15) is 60.9 Å². The van der Waals surface area contributed by atoms with E-state index in [2.05, 4.69) is 153 Å². The molecule has 3 nitrogen and oxygen atoms in total. The van der Waals surface area contributed by atoms with E-state index < -0.39 is 0 Å². The second-order valence-corrected chi connectivity index (χ2v) is 13.6. The molecule has 9 rings (SSSR count). The van der Waals surface area contributed by atoms with Gasteiger partial charge in [-0.2, -0.15) is 0 Å². The Kier molecular flexibility index (Phi) is 7.02. The molecule has 0 spiro atoms. The normalized spacial score (nSPS) is 16.5. The lowest BCUT2D eigenvalue weighted by molar-refractivity contribution is 0.659. The Morgan fingerprint density at radius 1 is 0.551 bits per heavy atom. The number of allylic oxidation sites excluding steroid dienone is 1. The van der Waals surface area contributed by atoms with Crippen molar-refractivity contribution < 1.29 is 4.42 Å². The molecule has 236 valence electrons. The van der Waals surface area contributed by atoms with Crippen LogP contribution in [0.25, 0.3) is 49.9 Å². The van der Waals surface area contributed by atoms with Gasteiger partial charge in [0.1, 0.15) is 11.2 Å². The summed E-state index contributed by atoms with van der Waals surface area (Å²) in [5, 5.41) is 2.33. The molecule has 0 radical (unpaired) electrons. The van der Waals surface area contributed by atoms with E-state index in [-0.39, 0.29) is 5.41 Å². The van der Waals surface area contributed by atoms with Crippen LogP contribution >= 0.6 is 0 Å². The molecule has 0 N–H and O–H groups in total. The highest BCUT2D eigenvalue weighted by molar-refractivity contribution is 6.14. The van der Waals surface area contributed by atoms with Gasteiger partial charge in [-0.3, -0.25) is 0 Å². The second-order valence-electron chi connectivity index (χ2n) is 13.6. The van der Waals surface area contributed by atoms with E-state index in [1.54, 1.807) is 0 Å². The standard InChI is InChI=1S/C46H36N2O/c1-46(2)39-28-38-35-21-9-12-26-42(35)49-43(38)29-37(39)36-23-14-22-34(44(36)46)32-19-13-20-33(27-32)45-47-40(30-15-5-3-6-16-30)24-10-11-25-41(48-45)31-17-7-4-8-18-31/h3-9,12-24,26-29H,10-11,25H2,1-2H3/b40-24-,47-45?,48-41?. The summed E-state index contributed by atoms with van der Waals surface area (Å²) in [5.41, 5.74) is 14.5. The third-order valence-electron chi connectivity index (χ3n) is 10.2. The number of fused-ring (bicyclic) bond motifs is 6. The smallest absolute Gasteiger partial charge is 0.160 e. The fraction of sp³-hybridized carbons (Fsp3) is 0.130. The molecule has 0 saturated heterocycles. The molecule has 0 amide bonds. The van der Waals surface area contributed by atoms with Crippen LogP contribution in [-0.2, 0) is 5.41 Å². The van der Waals surface area contributed by atoms with Crippen molar-refractivity contribution in [3.05, 3.63) is 173 Å². The van der Waals surface area contributed by atoms with Crippen molar-refractivity contribution >= 4 is 39.2 Å². The lowest BCUT2D eigenvalue weighted by atomic mass is 9.78. The maximum absolute atomic E-state index is 6.34. The first kappa shape index (κ1) is 29.3. The van der Waals surface area contributed by atoms with Crippen LogP contribution in [0.5, 0.6) is 0 Å². The van der Waals surface area contributed by atoms with Crippen LogP contribution in [0.2, 0.25) is 0 Å². The van der Waals surface area contributed by atoms with Gasteiger partial charge in [-0.15, -0.1) is 0 Å². The monoisotopic (exact) mass is 632 g/mol. The predicted molar refractivity (Wildman–Crippen MR) is 205 cm³/mol. The van der Waals surface area contributed by atoms with E-state index in [4.69, 9.17) is 14.4 Å². The Labute approximate surface area is 287 Å².